The Labute approximate surface area is 208 Å². The number of nitrogens with one attached hydrogen (secondary N) is 2. The molecule has 2 aromatic rings. The van der Waals surface area contributed by atoms with Crippen molar-refractivity contribution in [3.63, 3.8) is 0 Å². The molecule has 2 atom stereocenters. The Bertz CT molecular complexity index is 993. The predicted octanol–water partition coefficient (Wildman–Crippen LogP) is 2.73. The van der Waals surface area contributed by atoms with Crippen molar-refractivity contribution < 1.29 is 28.4 Å². The number of hydrogen-bond donors (Lipinski definition) is 2. The first kappa shape index (κ1) is 23.8. The number of fused-ring (bicyclic) bond motifs is 1. The second-order valence-electron chi connectivity index (χ2n) is 7.31. The summed E-state index contributed by atoms with van der Waals surface area (Å²) in [5.74, 6) is 3.13. The fourth-order valence-electron chi connectivity index (χ4n) is 4.14. The van der Waals surface area contributed by atoms with Crippen molar-refractivity contribution in [1.82, 2.24) is 20.7 Å². The summed E-state index contributed by atoms with van der Waals surface area (Å²) in [6.07, 6.45) is -0.790. The number of hydrogen-bond acceptors (Lipinski definition) is 8. The Hall–Kier alpha value is -3.38. The molecular weight excluding hydrogens is 480 g/mol. The van der Waals surface area contributed by atoms with E-state index in [9.17, 15) is 0 Å². The Morgan fingerprint density at radius 2 is 0.853 bits per heavy atom. The van der Waals surface area contributed by atoms with Gasteiger partial charge in [-0.2, -0.15) is 0 Å². The molecule has 2 fully saturated rings. The van der Waals surface area contributed by atoms with Crippen LogP contribution >= 0.6 is 24.4 Å². The number of hydrazine groups is 1. The van der Waals surface area contributed by atoms with E-state index in [0.717, 1.165) is 11.1 Å². The van der Waals surface area contributed by atoms with Gasteiger partial charge in [0.15, 0.2) is 33.2 Å². The average Bonchev–Trinajstić information content (AvgIpc) is 3.39. The van der Waals surface area contributed by atoms with E-state index in [1.54, 1.807) is 42.7 Å². The van der Waals surface area contributed by atoms with Crippen molar-refractivity contribution in [2.75, 3.05) is 42.7 Å². The Balaban J connectivity index is 1.75. The molecule has 0 aromatic heterocycles. The Morgan fingerprint density at radius 1 is 0.559 bits per heavy atom. The second kappa shape index (κ2) is 9.47. The fraction of sp³-hybridized carbons (Fsp3) is 0.364. The van der Waals surface area contributed by atoms with E-state index < -0.39 is 12.3 Å². The topological polar surface area (TPSA) is 85.9 Å². The van der Waals surface area contributed by atoms with Gasteiger partial charge in [-0.15, -0.1) is 0 Å². The van der Waals surface area contributed by atoms with E-state index >= 15 is 0 Å². The van der Waals surface area contributed by atoms with Gasteiger partial charge in [-0.05, 0) is 48.7 Å². The summed E-state index contributed by atoms with van der Waals surface area (Å²) >= 11 is 11.4. The smallest absolute Gasteiger partial charge is 0.203 e. The van der Waals surface area contributed by atoms with Crippen LogP contribution in [0.3, 0.4) is 0 Å². The van der Waals surface area contributed by atoms with Gasteiger partial charge in [-0.25, -0.2) is 10.0 Å². The van der Waals surface area contributed by atoms with Gasteiger partial charge >= 0.3 is 0 Å². The maximum Gasteiger partial charge on any atom is 0.203 e. The SMILES string of the molecule is COc1cc([C@@H]2NC(=S)N3[C@H](c4cc(OC)c(OC)c(OC)c4)NC(=S)N23)cc(OC)c1OC. The van der Waals surface area contributed by atoms with E-state index in [-0.39, 0.29) is 0 Å². The first-order valence-electron chi connectivity index (χ1n) is 10.2. The van der Waals surface area contributed by atoms with Gasteiger partial charge < -0.3 is 39.1 Å². The molecule has 10 nitrogen and oxygen atoms in total. The molecule has 2 N–H and O–H groups in total. The zero-order valence-electron chi connectivity index (χ0n) is 19.6. The number of methoxy groups -OCH3 is 6. The van der Waals surface area contributed by atoms with E-state index in [0.29, 0.717) is 44.7 Å². The fourth-order valence-corrected chi connectivity index (χ4v) is 4.75. The van der Waals surface area contributed by atoms with Crippen LogP contribution in [0.25, 0.3) is 0 Å². The van der Waals surface area contributed by atoms with Crippen LogP contribution in [0.2, 0.25) is 0 Å². The summed E-state index contributed by atoms with van der Waals surface area (Å²) < 4.78 is 33.0. The largest absolute Gasteiger partial charge is 0.493 e. The third-order valence-electron chi connectivity index (χ3n) is 5.66. The van der Waals surface area contributed by atoms with Gasteiger partial charge in [0, 0.05) is 11.1 Å². The van der Waals surface area contributed by atoms with E-state index in [2.05, 4.69) is 10.6 Å². The van der Waals surface area contributed by atoms with Gasteiger partial charge in [0.25, 0.3) is 0 Å². The number of thiocarbonyl (C=S) groups is 2. The molecule has 0 amide bonds. The van der Waals surface area contributed by atoms with Crippen molar-refractivity contribution in [2.24, 2.45) is 0 Å². The summed E-state index contributed by atoms with van der Waals surface area (Å²) in [5, 5.41) is 11.4. The minimum absolute atomic E-state index is 0.395. The molecule has 0 saturated carbocycles. The van der Waals surface area contributed by atoms with Crippen LogP contribution < -0.4 is 39.1 Å². The van der Waals surface area contributed by atoms with Crippen molar-refractivity contribution in [3.8, 4) is 34.5 Å². The van der Waals surface area contributed by atoms with Crippen LogP contribution in [0.1, 0.15) is 23.5 Å². The number of benzene rings is 2. The van der Waals surface area contributed by atoms with Crippen molar-refractivity contribution >= 4 is 34.7 Å². The van der Waals surface area contributed by atoms with Crippen LogP contribution in [0.15, 0.2) is 24.3 Å². The lowest BCUT2D eigenvalue weighted by atomic mass is 10.1. The molecule has 0 spiro atoms. The monoisotopic (exact) mass is 506 g/mol. The molecule has 2 saturated heterocycles. The zero-order chi connectivity index (χ0) is 24.6. The van der Waals surface area contributed by atoms with Crippen molar-refractivity contribution in [3.05, 3.63) is 35.4 Å². The summed E-state index contributed by atoms with van der Waals surface area (Å²) in [5.41, 5.74) is 1.66. The summed E-state index contributed by atoms with van der Waals surface area (Å²) in [6.45, 7) is 0. The highest BCUT2D eigenvalue weighted by molar-refractivity contribution is 7.80. The number of nitrogens with zero attached hydrogens (tertiary/aromatic N) is 2. The summed E-state index contributed by atoms with van der Waals surface area (Å²) in [6, 6.07) is 7.45. The van der Waals surface area contributed by atoms with Crippen LogP contribution in [0.4, 0.5) is 0 Å². The highest BCUT2D eigenvalue weighted by Gasteiger charge is 2.48. The molecule has 0 bridgehead atoms. The first-order valence-corrected chi connectivity index (χ1v) is 11.0. The predicted molar refractivity (Wildman–Crippen MR) is 133 cm³/mol. The quantitative estimate of drug-likeness (QED) is 0.517. The maximum absolute atomic E-state index is 5.71. The summed E-state index contributed by atoms with van der Waals surface area (Å²) in [7, 11) is 9.41. The lowest BCUT2D eigenvalue weighted by molar-refractivity contribution is 0.113. The molecule has 2 heterocycles. The number of rotatable bonds is 8. The van der Waals surface area contributed by atoms with Gasteiger partial charge in [0.1, 0.15) is 12.3 Å². The molecule has 0 unspecified atom stereocenters. The lowest BCUT2D eigenvalue weighted by Crippen LogP contribution is -2.36. The molecule has 0 aliphatic carbocycles. The average molecular weight is 507 g/mol. The van der Waals surface area contributed by atoms with Gasteiger partial charge in [-0.3, -0.25) is 0 Å². The lowest BCUT2D eigenvalue weighted by Gasteiger charge is -2.27. The molecule has 2 aliphatic heterocycles. The molecule has 0 radical (unpaired) electrons. The van der Waals surface area contributed by atoms with Crippen molar-refractivity contribution in [1.29, 1.82) is 0 Å². The zero-order valence-corrected chi connectivity index (χ0v) is 21.3. The van der Waals surface area contributed by atoms with Crippen molar-refractivity contribution in [2.45, 2.75) is 12.3 Å². The highest BCUT2D eigenvalue weighted by atomic mass is 32.1. The Kier molecular flexibility index (Phi) is 6.62. The standard InChI is InChI=1S/C22H26N4O6S2/c1-27-13-7-11(8-14(28-2)17(13)31-5)19-23-21(33)26-20(24-22(34)25(19)26)12-9-15(29-3)18(32-6)16(10-12)30-4/h7-10,19-20H,1-6H3,(H,23,33)(H,24,34)/t19-,20-/m1/s1. The van der Waals surface area contributed by atoms with Gasteiger partial charge in [0.2, 0.25) is 11.5 Å². The van der Waals surface area contributed by atoms with E-state index in [1.165, 1.54) is 0 Å². The molecule has 4 rings (SSSR count). The molecule has 34 heavy (non-hydrogen) atoms. The minimum Gasteiger partial charge on any atom is -0.493 e. The maximum atomic E-state index is 5.71. The third-order valence-corrected chi connectivity index (χ3v) is 6.27. The molecule has 182 valence electrons. The minimum atomic E-state index is -0.395. The molecule has 12 heteroatoms. The van der Waals surface area contributed by atoms with Crippen LogP contribution in [0, 0.1) is 0 Å². The normalized spacial score (nSPS) is 18.8. The van der Waals surface area contributed by atoms with Gasteiger partial charge in [-0.1, -0.05) is 0 Å². The van der Waals surface area contributed by atoms with E-state index in [1.807, 2.05) is 34.3 Å². The van der Waals surface area contributed by atoms with E-state index in [4.69, 9.17) is 52.9 Å². The van der Waals surface area contributed by atoms with Gasteiger partial charge in [0.05, 0.1) is 42.7 Å². The Morgan fingerprint density at radius 3 is 1.09 bits per heavy atom. The number of ether oxygens (including phenoxy) is 6. The van der Waals surface area contributed by atoms with Crippen LogP contribution in [0.5, 0.6) is 34.5 Å². The van der Waals surface area contributed by atoms with Crippen LogP contribution in [-0.4, -0.2) is 62.9 Å². The first-order chi connectivity index (χ1) is 16.4. The molecular formula is C22H26N4O6S2. The van der Waals surface area contributed by atoms with Crippen LogP contribution in [-0.2, 0) is 0 Å². The summed E-state index contributed by atoms with van der Waals surface area (Å²) in [4.78, 5) is 0. The third kappa shape index (κ3) is 3.72. The highest BCUT2D eigenvalue weighted by Crippen LogP contribution is 2.45. The molecule has 2 aromatic carbocycles. The molecule has 2 aliphatic rings. The second-order valence-corrected chi connectivity index (χ2v) is 8.08.